The lowest BCUT2D eigenvalue weighted by Crippen LogP contribution is -2.00. The largest absolute Gasteiger partial charge is 0.493 e. The fraction of sp³-hybridized carbons (Fsp3) is 0.286. The van der Waals surface area contributed by atoms with Crippen molar-refractivity contribution in [1.82, 2.24) is 0 Å². The van der Waals surface area contributed by atoms with Gasteiger partial charge in [0.05, 0.1) is 26.4 Å². The smallest absolute Gasteiger partial charge is 0.203 e. The summed E-state index contributed by atoms with van der Waals surface area (Å²) in [7, 11) is 4.78. The van der Waals surface area contributed by atoms with Gasteiger partial charge in [0.2, 0.25) is 5.75 Å². The van der Waals surface area contributed by atoms with Crippen LogP contribution in [0.3, 0.4) is 0 Å². The Morgan fingerprint density at radius 3 is 2.15 bits per heavy atom. The number of anilines is 1. The van der Waals surface area contributed by atoms with Gasteiger partial charge in [0, 0.05) is 34.6 Å². The molecule has 20 heavy (non-hydrogen) atoms. The van der Waals surface area contributed by atoms with Gasteiger partial charge in [0.1, 0.15) is 0 Å². The molecule has 0 saturated heterocycles. The summed E-state index contributed by atoms with van der Waals surface area (Å²) in [5.74, 6) is 1.83. The number of methoxy groups -OCH3 is 3. The average molecular weight is 314 g/mol. The molecule has 0 aliphatic heterocycles. The van der Waals surface area contributed by atoms with Gasteiger partial charge in [0.25, 0.3) is 0 Å². The lowest BCUT2D eigenvalue weighted by atomic mass is 10.2. The average Bonchev–Trinajstić information content (AvgIpc) is 2.89. The molecule has 1 aromatic heterocycles. The second kappa shape index (κ2) is 6.72. The third-order valence-corrected chi connectivity index (χ3v) is 4.04. The zero-order chi connectivity index (χ0) is 14.5. The van der Waals surface area contributed by atoms with E-state index in [2.05, 4.69) is 5.32 Å². The zero-order valence-corrected chi connectivity index (χ0v) is 13.1. The lowest BCUT2D eigenvalue weighted by molar-refractivity contribution is 0.324. The molecule has 0 saturated carbocycles. The summed E-state index contributed by atoms with van der Waals surface area (Å²) < 4.78 is 15.9. The van der Waals surface area contributed by atoms with Gasteiger partial charge >= 0.3 is 0 Å². The van der Waals surface area contributed by atoms with Gasteiger partial charge in [-0.1, -0.05) is 11.6 Å². The van der Waals surface area contributed by atoms with Crippen molar-refractivity contribution in [3.05, 3.63) is 33.5 Å². The van der Waals surface area contributed by atoms with E-state index in [9.17, 15) is 0 Å². The van der Waals surface area contributed by atoms with Gasteiger partial charge in [-0.05, 0) is 6.07 Å². The van der Waals surface area contributed by atoms with Crippen molar-refractivity contribution < 1.29 is 14.2 Å². The standard InChI is InChI=1S/C14H16ClNO3S/c1-17-12-5-10(6-13(18-2)14(12)19-3)16-7-11-4-9(15)8-20-11/h4-6,8,16H,7H2,1-3H3. The van der Waals surface area contributed by atoms with Crippen molar-refractivity contribution in [2.75, 3.05) is 26.6 Å². The quantitative estimate of drug-likeness (QED) is 0.873. The van der Waals surface area contributed by atoms with E-state index in [0.717, 1.165) is 15.6 Å². The van der Waals surface area contributed by atoms with Crippen molar-refractivity contribution >= 4 is 28.6 Å². The van der Waals surface area contributed by atoms with Crippen LogP contribution in [0.5, 0.6) is 17.2 Å². The Balaban J connectivity index is 2.19. The first-order chi connectivity index (χ1) is 9.67. The van der Waals surface area contributed by atoms with Crippen LogP contribution in [0.2, 0.25) is 5.02 Å². The van der Waals surface area contributed by atoms with E-state index in [1.54, 1.807) is 32.7 Å². The minimum absolute atomic E-state index is 0.583. The van der Waals surface area contributed by atoms with Crippen LogP contribution in [-0.4, -0.2) is 21.3 Å². The molecule has 0 aliphatic rings. The molecule has 2 rings (SSSR count). The molecular weight excluding hydrogens is 298 g/mol. The van der Waals surface area contributed by atoms with Gasteiger partial charge in [0.15, 0.2) is 11.5 Å². The summed E-state index contributed by atoms with van der Waals surface area (Å²) in [6.07, 6.45) is 0. The Morgan fingerprint density at radius 1 is 1.05 bits per heavy atom. The van der Waals surface area contributed by atoms with E-state index < -0.39 is 0 Å². The topological polar surface area (TPSA) is 39.7 Å². The summed E-state index contributed by atoms with van der Waals surface area (Å²) in [5.41, 5.74) is 0.893. The van der Waals surface area contributed by atoms with Crippen LogP contribution in [0.15, 0.2) is 23.6 Å². The molecule has 4 nitrogen and oxygen atoms in total. The Labute approximate surface area is 127 Å². The summed E-state index contributed by atoms with van der Waals surface area (Å²) in [4.78, 5) is 1.16. The predicted octanol–water partition coefficient (Wildman–Crippen LogP) is 4.04. The molecule has 0 amide bonds. The Bertz CT molecular complexity index is 561. The number of hydrogen-bond acceptors (Lipinski definition) is 5. The van der Waals surface area contributed by atoms with Crippen LogP contribution in [0.25, 0.3) is 0 Å². The molecule has 0 spiro atoms. The lowest BCUT2D eigenvalue weighted by Gasteiger charge is -2.14. The number of halogens is 1. The van der Waals surface area contributed by atoms with Crippen LogP contribution < -0.4 is 19.5 Å². The van der Waals surface area contributed by atoms with Gasteiger partial charge < -0.3 is 19.5 Å². The number of benzene rings is 1. The summed E-state index contributed by atoms with van der Waals surface area (Å²) >= 11 is 7.52. The highest BCUT2D eigenvalue weighted by Gasteiger charge is 2.13. The second-order valence-electron chi connectivity index (χ2n) is 4.00. The molecule has 0 radical (unpaired) electrons. The van der Waals surface area contributed by atoms with Crippen LogP contribution in [0.1, 0.15) is 4.88 Å². The van der Waals surface area contributed by atoms with Gasteiger partial charge in [-0.2, -0.15) is 0 Å². The number of ether oxygens (including phenoxy) is 3. The zero-order valence-electron chi connectivity index (χ0n) is 11.5. The number of rotatable bonds is 6. The number of hydrogen-bond donors (Lipinski definition) is 1. The summed E-state index contributed by atoms with van der Waals surface area (Å²) in [5, 5.41) is 5.98. The molecule has 6 heteroatoms. The Morgan fingerprint density at radius 2 is 1.70 bits per heavy atom. The van der Waals surface area contributed by atoms with E-state index in [1.807, 2.05) is 23.6 Å². The number of thiophene rings is 1. The molecule has 1 heterocycles. The Kier molecular flexibility index (Phi) is 4.98. The van der Waals surface area contributed by atoms with E-state index in [4.69, 9.17) is 25.8 Å². The van der Waals surface area contributed by atoms with Crippen molar-refractivity contribution in [2.24, 2.45) is 0 Å². The predicted molar refractivity (Wildman–Crippen MR) is 82.8 cm³/mol. The van der Waals surface area contributed by atoms with Crippen molar-refractivity contribution in [3.8, 4) is 17.2 Å². The molecule has 108 valence electrons. The van der Waals surface area contributed by atoms with E-state index in [1.165, 1.54) is 0 Å². The number of nitrogens with one attached hydrogen (secondary N) is 1. The molecule has 0 unspecified atom stereocenters. The van der Waals surface area contributed by atoms with Crippen LogP contribution >= 0.6 is 22.9 Å². The first-order valence-corrected chi connectivity index (χ1v) is 7.20. The van der Waals surface area contributed by atoms with Gasteiger partial charge in [-0.15, -0.1) is 11.3 Å². The summed E-state index contributed by atoms with van der Waals surface area (Å²) in [6, 6.07) is 5.68. The fourth-order valence-electron chi connectivity index (χ4n) is 1.82. The van der Waals surface area contributed by atoms with E-state index in [-0.39, 0.29) is 0 Å². The highest BCUT2D eigenvalue weighted by atomic mass is 35.5. The summed E-state index contributed by atoms with van der Waals surface area (Å²) in [6.45, 7) is 0.691. The third-order valence-electron chi connectivity index (χ3n) is 2.75. The molecule has 1 aromatic carbocycles. The first kappa shape index (κ1) is 14.8. The maximum absolute atomic E-state index is 5.90. The molecule has 0 fully saturated rings. The highest BCUT2D eigenvalue weighted by molar-refractivity contribution is 7.10. The molecule has 0 aliphatic carbocycles. The minimum atomic E-state index is 0.583. The van der Waals surface area contributed by atoms with E-state index >= 15 is 0 Å². The van der Waals surface area contributed by atoms with Crippen molar-refractivity contribution in [3.63, 3.8) is 0 Å². The molecule has 0 atom stereocenters. The van der Waals surface area contributed by atoms with Crippen LogP contribution in [-0.2, 0) is 6.54 Å². The van der Waals surface area contributed by atoms with Gasteiger partial charge in [-0.25, -0.2) is 0 Å². The first-order valence-electron chi connectivity index (χ1n) is 5.94. The minimum Gasteiger partial charge on any atom is -0.493 e. The molecular formula is C14H16ClNO3S. The van der Waals surface area contributed by atoms with E-state index in [0.29, 0.717) is 23.8 Å². The van der Waals surface area contributed by atoms with Crippen LogP contribution in [0.4, 0.5) is 5.69 Å². The molecule has 1 N–H and O–H groups in total. The molecule has 0 bridgehead atoms. The van der Waals surface area contributed by atoms with Crippen LogP contribution in [0, 0.1) is 0 Å². The monoisotopic (exact) mass is 313 g/mol. The van der Waals surface area contributed by atoms with Crippen molar-refractivity contribution in [1.29, 1.82) is 0 Å². The maximum atomic E-state index is 5.90. The molecule has 2 aromatic rings. The van der Waals surface area contributed by atoms with Crippen molar-refractivity contribution in [2.45, 2.75) is 6.54 Å². The Hall–Kier alpha value is -1.59. The maximum Gasteiger partial charge on any atom is 0.203 e. The normalized spacial score (nSPS) is 10.2. The fourth-order valence-corrected chi connectivity index (χ4v) is 2.83. The third kappa shape index (κ3) is 3.29. The highest BCUT2D eigenvalue weighted by Crippen LogP contribution is 2.40. The SMILES string of the molecule is COc1cc(NCc2cc(Cl)cs2)cc(OC)c1OC. The second-order valence-corrected chi connectivity index (χ2v) is 5.43. The van der Waals surface area contributed by atoms with Gasteiger partial charge in [-0.3, -0.25) is 0 Å².